The molecule has 1 amide bonds. The minimum absolute atomic E-state index is 0.0604. The highest BCUT2D eigenvalue weighted by Crippen LogP contribution is 2.31. The first-order valence-corrected chi connectivity index (χ1v) is 8.33. The number of halogens is 2. The molecule has 0 spiro atoms. The van der Waals surface area contributed by atoms with Gasteiger partial charge in [-0.2, -0.15) is 13.9 Å². The van der Waals surface area contributed by atoms with Gasteiger partial charge >= 0.3 is 6.61 Å². The number of ether oxygens (including phenoxy) is 4. The van der Waals surface area contributed by atoms with Crippen LogP contribution in [-0.4, -0.2) is 38.1 Å². The highest BCUT2D eigenvalue weighted by molar-refractivity contribution is 6.00. The van der Waals surface area contributed by atoms with E-state index in [1.165, 1.54) is 25.3 Å². The van der Waals surface area contributed by atoms with Crippen LogP contribution in [0.25, 0.3) is 0 Å². The lowest BCUT2D eigenvalue weighted by Gasteiger charge is -2.24. The summed E-state index contributed by atoms with van der Waals surface area (Å²) in [6.45, 7) is -1.25. The molecule has 0 aliphatic carbocycles. The van der Waals surface area contributed by atoms with E-state index in [-0.39, 0.29) is 18.1 Å². The van der Waals surface area contributed by atoms with Crippen LogP contribution < -0.4 is 24.4 Å². The molecular weight excluding hydrogens is 374 g/mol. The lowest BCUT2D eigenvalue weighted by molar-refractivity contribution is -0.130. The second-order valence-corrected chi connectivity index (χ2v) is 5.78. The number of fused-ring (bicyclic) bond motifs is 1. The molecule has 148 valence electrons. The molecule has 0 fully saturated rings. The Morgan fingerprint density at radius 3 is 2.68 bits per heavy atom. The smallest absolute Gasteiger partial charge is 0.387 e. The van der Waals surface area contributed by atoms with Gasteiger partial charge in [0.2, 0.25) is 6.10 Å². The Morgan fingerprint density at radius 2 is 1.96 bits per heavy atom. The third-order valence-corrected chi connectivity index (χ3v) is 3.93. The molecule has 0 unspecified atom stereocenters. The number of nitrogens with one attached hydrogen (secondary N) is 1. The zero-order chi connectivity index (χ0) is 20.1. The predicted molar refractivity (Wildman–Crippen MR) is 96.3 cm³/mol. The van der Waals surface area contributed by atoms with Crippen molar-refractivity contribution < 1.29 is 32.5 Å². The van der Waals surface area contributed by atoms with Crippen LogP contribution in [0.2, 0.25) is 0 Å². The van der Waals surface area contributed by atoms with Crippen LogP contribution in [0.5, 0.6) is 23.0 Å². The summed E-state index contributed by atoms with van der Waals surface area (Å²) in [6.07, 6.45) is -0.845. The molecule has 0 radical (unpaired) electrons. The number of carbonyl (C=O) groups excluding carboxylic acids is 1. The van der Waals surface area contributed by atoms with Gasteiger partial charge in [-0.25, -0.2) is 5.43 Å². The summed E-state index contributed by atoms with van der Waals surface area (Å²) in [6, 6.07) is 11.4. The number of nitrogens with zero attached hydrogens (tertiary/aromatic N) is 1. The Bertz CT molecular complexity index is 888. The third kappa shape index (κ3) is 4.48. The summed E-state index contributed by atoms with van der Waals surface area (Å²) in [4.78, 5) is 12.3. The van der Waals surface area contributed by atoms with Gasteiger partial charge in [-0.3, -0.25) is 4.79 Å². The fourth-order valence-corrected chi connectivity index (χ4v) is 2.51. The highest BCUT2D eigenvalue weighted by Gasteiger charge is 2.27. The minimum Gasteiger partial charge on any atom is -0.493 e. The molecule has 7 nitrogen and oxygen atoms in total. The molecule has 1 aliphatic rings. The van der Waals surface area contributed by atoms with E-state index >= 15 is 0 Å². The lowest BCUT2D eigenvalue weighted by atomic mass is 10.1. The van der Waals surface area contributed by atoms with E-state index in [9.17, 15) is 13.6 Å². The molecule has 0 saturated heterocycles. The normalized spacial score (nSPS) is 15.9. The van der Waals surface area contributed by atoms with Crippen molar-refractivity contribution in [2.24, 2.45) is 5.10 Å². The standard InChI is InChI=1S/C19H18F2N2O5/c1-11(12-7-8-15(28-19(20)21)16(9-12)25-2)22-23-18(24)17-10-26-13-5-3-4-6-14(13)27-17/h3-9,17,19H,10H2,1-2H3,(H,23,24)/b22-11-/t17-/m1/s1. The summed E-state index contributed by atoms with van der Waals surface area (Å²) in [5.74, 6) is 0.612. The monoisotopic (exact) mass is 392 g/mol. The predicted octanol–water partition coefficient (Wildman–Crippen LogP) is 2.98. The molecule has 1 N–H and O–H groups in total. The van der Waals surface area contributed by atoms with Crippen molar-refractivity contribution in [3.8, 4) is 23.0 Å². The van der Waals surface area contributed by atoms with Crippen LogP contribution in [0, 0.1) is 0 Å². The number of carbonyl (C=O) groups is 1. The highest BCUT2D eigenvalue weighted by atomic mass is 19.3. The number of methoxy groups -OCH3 is 1. The number of hydrazone groups is 1. The zero-order valence-corrected chi connectivity index (χ0v) is 15.1. The van der Waals surface area contributed by atoms with E-state index in [1.54, 1.807) is 25.1 Å². The molecule has 0 saturated carbocycles. The average molecular weight is 392 g/mol. The van der Waals surface area contributed by atoms with E-state index in [1.807, 2.05) is 6.07 Å². The Morgan fingerprint density at radius 1 is 1.21 bits per heavy atom. The molecule has 0 aromatic heterocycles. The SMILES string of the molecule is COc1cc(/C(C)=N\NC(=O)[C@H]2COc3ccccc3O2)ccc1OC(F)F. The van der Waals surface area contributed by atoms with Crippen molar-refractivity contribution in [2.45, 2.75) is 19.6 Å². The summed E-state index contributed by atoms with van der Waals surface area (Å²) in [5.41, 5.74) is 3.42. The fourth-order valence-electron chi connectivity index (χ4n) is 2.51. The quantitative estimate of drug-likeness (QED) is 0.604. The Kier molecular flexibility index (Phi) is 5.93. The number of alkyl halides is 2. The van der Waals surface area contributed by atoms with Crippen LogP contribution in [0.15, 0.2) is 47.6 Å². The van der Waals surface area contributed by atoms with E-state index in [4.69, 9.17) is 14.2 Å². The number of benzene rings is 2. The zero-order valence-electron chi connectivity index (χ0n) is 15.1. The van der Waals surface area contributed by atoms with Gasteiger partial charge < -0.3 is 18.9 Å². The number of amides is 1. The van der Waals surface area contributed by atoms with E-state index < -0.39 is 18.6 Å². The number of hydrogen-bond donors (Lipinski definition) is 1. The Labute approximate surface area is 159 Å². The molecule has 2 aromatic carbocycles. The number of para-hydroxylation sites is 2. The maximum atomic E-state index is 12.4. The van der Waals surface area contributed by atoms with Crippen molar-refractivity contribution in [2.75, 3.05) is 13.7 Å². The van der Waals surface area contributed by atoms with Gasteiger partial charge in [-0.15, -0.1) is 0 Å². The lowest BCUT2D eigenvalue weighted by Crippen LogP contribution is -2.42. The van der Waals surface area contributed by atoms with Crippen molar-refractivity contribution in [3.63, 3.8) is 0 Å². The maximum Gasteiger partial charge on any atom is 0.387 e. The van der Waals surface area contributed by atoms with E-state index in [2.05, 4.69) is 15.3 Å². The van der Waals surface area contributed by atoms with Gasteiger partial charge in [0.25, 0.3) is 5.91 Å². The van der Waals surface area contributed by atoms with Crippen LogP contribution in [0.4, 0.5) is 8.78 Å². The van der Waals surface area contributed by atoms with Crippen molar-refractivity contribution in [1.82, 2.24) is 5.43 Å². The molecule has 3 rings (SSSR count). The van der Waals surface area contributed by atoms with Crippen LogP contribution in [-0.2, 0) is 4.79 Å². The summed E-state index contributed by atoms with van der Waals surface area (Å²) in [7, 11) is 1.34. The molecule has 1 heterocycles. The minimum atomic E-state index is -2.96. The van der Waals surface area contributed by atoms with Gasteiger partial charge in [0.05, 0.1) is 12.8 Å². The molecule has 28 heavy (non-hydrogen) atoms. The number of rotatable bonds is 6. The van der Waals surface area contributed by atoms with Gasteiger partial charge in [-0.05, 0) is 37.3 Å². The number of hydrogen-bond acceptors (Lipinski definition) is 6. The second-order valence-electron chi connectivity index (χ2n) is 5.78. The molecule has 0 bridgehead atoms. The van der Waals surface area contributed by atoms with Crippen LogP contribution in [0.3, 0.4) is 0 Å². The van der Waals surface area contributed by atoms with Crippen molar-refractivity contribution in [1.29, 1.82) is 0 Å². The van der Waals surface area contributed by atoms with E-state index in [0.717, 1.165) is 0 Å². The van der Waals surface area contributed by atoms with Crippen LogP contribution >= 0.6 is 0 Å². The third-order valence-electron chi connectivity index (χ3n) is 3.93. The Balaban J connectivity index is 1.66. The summed E-state index contributed by atoms with van der Waals surface area (Å²) in [5, 5.41) is 4.03. The average Bonchev–Trinajstić information content (AvgIpc) is 2.71. The van der Waals surface area contributed by atoms with Gasteiger partial charge in [0, 0.05) is 5.56 Å². The summed E-state index contributed by atoms with van der Waals surface area (Å²) < 4.78 is 45.3. The summed E-state index contributed by atoms with van der Waals surface area (Å²) >= 11 is 0. The topological polar surface area (TPSA) is 78.4 Å². The van der Waals surface area contributed by atoms with Gasteiger partial charge in [0.1, 0.15) is 6.61 Å². The molecule has 1 atom stereocenters. The molecular formula is C19H18F2N2O5. The van der Waals surface area contributed by atoms with Gasteiger partial charge in [0.15, 0.2) is 23.0 Å². The largest absolute Gasteiger partial charge is 0.493 e. The van der Waals surface area contributed by atoms with Crippen molar-refractivity contribution >= 4 is 11.6 Å². The first-order valence-electron chi connectivity index (χ1n) is 8.33. The first kappa shape index (κ1) is 19.4. The molecule has 2 aromatic rings. The Hall–Kier alpha value is -3.36. The van der Waals surface area contributed by atoms with Gasteiger partial charge in [-0.1, -0.05) is 12.1 Å². The van der Waals surface area contributed by atoms with Crippen LogP contribution in [0.1, 0.15) is 12.5 Å². The molecule has 1 aliphatic heterocycles. The molecule has 9 heteroatoms. The van der Waals surface area contributed by atoms with E-state index in [0.29, 0.717) is 22.8 Å². The second kappa shape index (κ2) is 8.55. The van der Waals surface area contributed by atoms with Crippen molar-refractivity contribution in [3.05, 3.63) is 48.0 Å². The first-order chi connectivity index (χ1) is 13.5. The fraction of sp³-hybridized carbons (Fsp3) is 0.263. The maximum absolute atomic E-state index is 12.4.